The van der Waals surface area contributed by atoms with Crippen molar-refractivity contribution in [2.45, 2.75) is 6.92 Å². The molecule has 0 amide bonds. The van der Waals surface area contributed by atoms with Crippen LogP contribution >= 0.6 is 31.9 Å². The van der Waals surface area contributed by atoms with Gasteiger partial charge >= 0.3 is 0 Å². The summed E-state index contributed by atoms with van der Waals surface area (Å²) in [5.41, 5.74) is 5.40. The van der Waals surface area contributed by atoms with Crippen LogP contribution in [-0.2, 0) is 4.74 Å². The molecule has 0 spiro atoms. The van der Waals surface area contributed by atoms with E-state index >= 15 is 0 Å². The van der Waals surface area contributed by atoms with Crippen molar-refractivity contribution < 1.29 is 9.84 Å². The van der Waals surface area contributed by atoms with Crippen LogP contribution in [0.2, 0.25) is 0 Å². The monoisotopic (exact) mass is 561 g/mol. The van der Waals surface area contributed by atoms with Crippen molar-refractivity contribution in [3.8, 4) is 5.75 Å². The van der Waals surface area contributed by atoms with Crippen molar-refractivity contribution in [1.29, 1.82) is 0 Å². The lowest BCUT2D eigenvalue weighted by atomic mass is 10.2. The van der Waals surface area contributed by atoms with Crippen LogP contribution in [0.3, 0.4) is 0 Å². The lowest BCUT2D eigenvalue weighted by molar-refractivity contribution is 0.122. The Morgan fingerprint density at radius 2 is 1.78 bits per heavy atom. The van der Waals surface area contributed by atoms with Crippen molar-refractivity contribution in [3.05, 3.63) is 56.5 Å². The summed E-state index contributed by atoms with van der Waals surface area (Å²) in [6.45, 7) is 4.65. The van der Waals surface area contributed by atoms with Crippen LogP contribution < -0.4 is 15.6 Å². The molecule has 1 aliphatic heterocycles. The zero-order valence-corrected chi connectivity index (χ0v) is 20.4. The molecule has 3 aromatic rings. The highest BCUT2D eigenvalue weighted by Gasteiger charge is 2.17. The van der Waals surface area contributed by atoms with Crippen LogP contribution in [0, 0.1) is 6.92 Å². The molecule has 4 rings (SSSR count). The van der Waals surface area contributed by atoms with Gasteiger partial charge in [-0.25, -0.2) is 5.43 Å². The van der Waals surface area contributed by atoms with Gasteiger partial charge < -0.3 is 20.1 Å². The number of benzene rings is 2. The van der Waals surface area contributed by atoms with Crippen molar-refractivity contribution in [3.63, 3.8) is 0 Å². The third-order valence-corrected chi connectivity index (χ3v) is 5.71. The van der Waals surface area contributed by atoms with E-state index in [0.717, 1.165) is 10.2 Å². The van der Waals surface area contributed by atoms with Gasteiger partial charge in [-0.1, -0.05) is 33.6 Å². The van der Waals surface area contributed by atoms with E-state index in [1.54, 1.807) is 12.1 Å². The first-order valence-electron chi connectivity index (χ1n) is 9.87. The lowest BCUT2D eigenvalue weighted by Crippen LogP contribution is -2.37. The molecule has 0 aliphatic carbocycles. The molecule has 2 heterocycles. The SMILES string of the molecule is Cc1ccc(Nc2nc(N/N=C/c3cc(Br)cc(Br)c3O)nc(N3CCOCC3)n2)cc1. The van der Waals surface area contributed by atoms with Gasteiger partial charge in [0.15, 0.2) is 0 Å². The topological polar surface area (TPSA) is 108 Å². The smallest absolute Gasteiger partial charge is 0.250 e. The second kappa shape index (κ2) is 10.2. The van der Waals surface area contributed by atoms with Crippen LogP contribution in [0.15, 0.2) is 50.4 Å². The average molecular weight is 563 g/mol. The zero-order valence-electron chi connectivity index (χ0n) is 17.2. The van der Waals surface area contributed by atoms with E-state index in [-0.39, 0.29) is 11.7 Å². The molecule has 0 bridgehead atoms. The Kier molecular flexibility index (Phi) is 7.18. The van der Waals surface area contributed by atoms with Gasteiger partial charge in [0, 0.05) is 28.8 Å². The molecule has 0 atom stereocenters. The van der Waals surface area contributed by atoms with E-state index in [4.69, 9.17) is 4.74 Å². The predicted molar refractivity (Wildman–Crippen MR) is 132 cm³/mol. The van der Waals surface area contributed by atoms with Crippen LogP contribution in [0.1, 0.15) is 11.1 Å². The Morgan fingerprint density at radius 1 is 1.06 bits per heavy atom. The van der Waals surface area contributed by atoms with Crippen LogP contribution in [0.25, 0.3) is 0 Å². The van der Waals surface area contributed by atoms with Crippen LogP contribution in [0.5, 0.6) is 5.75 Å². The molecule has 1 saturated heterocycles. The first kappa shape index (κ1) is 22.4. The fourth-order valence-corrected chi connectivity index (χ4v) is 4.24. The highest BCUT2D eigenvalue weighted by molar-refractivity contribution is 9.11. The molecule has 1 aromatic heterocycles. The Labute approximate surface area is 202 Å². The Hall–Kier alpha value is -2.76. The number of morpholine rings is 1. The molecule has 2 aromatic carbocycles. The summed E-state index contributed by atoms with van der Waals surface area (Å²) in [6.07, 6.45) is 1.50. The molecule has 11 heteroatoms. The number of aryl methyl sites for hydroxylation is 1. The maximum absolute atomic E-state index is 10.2. The fraction of sp³-hybridized carbons (Fsp3) is 0.238. The van der Waals surface area contributed by atoms with E-state index in [2.05, 4.69) is 62.7 Å². The summed E-state index contributed by atoms with van der Waals surface area (Å²) in [5.74, 6) is 1.30. The number of hydrazone groups is 1. The third kappa shape index (κ3) is 5.72. The first-order chi connectivity index (χ1) is 15.5. The number of hydrogen-bond donors (Lipinski definition) is 3. The molecule has 166 valence electrons. The quantitative estimate of drug-likeness (QED) is 0.299. The van der Waals surface area contributed by atoms with Gasteiger partial charge in [0.25, 0.3) is 0 Å². The zero-order chi connectivity index (χ0) is 22.5. The summed E-state index contributed by atoms with van der Waals surface area (Å²) < 4.78 is 6.80. The highest BCUT2D eigenvalue weighted by atomic mass is 79.9. The Bertz CT molecular complexity index is 1120. The maximum atomic E-state index is 10.2. The van der Waals surface area contributed by atoms with Gasteiger partial charge in [-0.05, 0) is 47.1 Å². The standard InChI is InChI=1S/C21H21Br2N7O2/c1-13-2-4-16(5-3-13)25-19-26-20(28-21(27-19)30-6-8-32-9-7-30)29-24-12-14-10-15(22)11-17(23)18(14)31/h2-5,10-12,31H,6-9H2,1H3,(H2,25,26,27,28,29)/b24-12+. The maximum Gasteiger partial charge on any atom is 0.250 e. The van der Waals surface area contributed by atoms with Gasteiger partial charge in [-0.2, -0.15) is 20.1 Å². The van der Waals surface area contributed by atoms with E-state index in [0.29, 0.717) is 48.2 Å². The van der Waals surface area contributed by atoms with E-state index in [9.17, 15) is 5.11 Å². The van der Waals surface area contributed by atoms with E-state index < -0.39 is 0 Å². The second-order valence-corrected chi connectivity index (χ2v) is 8.84. The summed E-state index contributed by atoms with van der Waals surface area (Å²) in [5, 5.41) is 17.6. The number of rotatable bonds is 6. The van der Waals surface area contributed by atoms with Gasteiger partial charge in [0.2, 0.25) is 17.8 Å². The van der Waals surface area contributed by atoms with Gasteiger partial charge in [-0.15, -0.1) is 0 Å². The minimum absolute atomic E-state index is 0.0881. The number of halogens is 2. The normalized spacial score (nSPS) is 14.0. The largest absolute Gasteiger partial charge is 0.506 e. The van der Waals surface area contributed by atoms with Crippen molar-refractivity contribution in [2.24, 2.45) is 5.10 Å². The minimum atomic E-state index is 0.0881. The molecule has 9 nitrogen and oxygen atoms in total. The molecule has 1 fully saturated rings. The number of hydrogen-bond acceptors (Lipinski definition) is 9. The van der Waals surface area contributed by atoms with E-state index in [1.807, 2.05) is 36.1 Å². The molecule has 0 saturated carbocycles. The van der Waals surface area contributed by atoms with Crippen molar-refractivity contribution >= 4 is 61.6 Å². The number of nitrogens with one attached hydrogen (secondary N) is 2. The number of aromatic nitrogens is 3. The molecule has 1 aliphatic rings. The number of nitrogens with zero attached hydrogens (tertiary/aromatic N) is 5. The summed E-state index contributed by atoms with van der Waals surface area (Å²) in [4.78, 5) is 15.6. The Balaban J connectivity index is 1.59. The molecular formula is C21H21Br2N7O2. The summed E-state index contributed by atoms with van der Waals surface area (Å²) in [7, 11) is 0. The summed E-state index contributed by atoms with van der Waals surface area (Å²) >= 11 is 6.72. The number of phenols is 1. The minimum Gasteiger partial charge on any atom is -0.506 e. The molecule has 3 N–H and O–H groups in total. The summed E-state index contributed by atoms with van der Waals surface area (Å²) in [6, 6.07) is 11.5. The predicted octanol–water partition coefficient (Wildman–Crippen LogP) is 4.44. The number of aromatic hydroxyl groups is 1. The third-order valence-electron chi connectivity index (χ3n) is 4.65. The van der Waals surface area contributed by atoms with Crippen LogP contribution in [-0.4, -0.2) is 52.6 Å². The average Bonchev–Trinajstić information content (AvgIpc) is 2.79. The van der Waals surface area contributed by atoms with E-state index in [1.165, 1.54) is 11.8 Å². The first-order valence-corrected chi connectivity index (χ1v) is 11.5. The van der Waals surface area contributed by atoms with Gasteiger partial charge in [0.05, 0.1) is 23.9 Å². The highest BCUT2D eigenvalue weighted by Crippen LogP contribution is 2.30. The fourth-order valence-electron chi connectivity index (χ4n) is 2.99. The number of phenolic OH excluding ortho intramolecular Hbond substituents is 1. The molecule has 0 radical (unpaired) electrons. The second-order valence-electron chi connectivity index (χ2n) is 7.07. The Morgan fingerprint density at radius 3 is 2.53 bits per heavy atom. The molecule has 32 heavy (non-hydrogen) atoms. The molecule has 0 unspecified atom stereocenters. The number of ether oxygens (including phenoxy) is 1. The van der Waals surface area contributed by atoms with Crippen molar-refractivity contribution in [1.82, 2.24) is 15.0 Å². The van der Waals surface area contributed by atoms with Gasteiger partial charge in [-0.3, -0.25) is 0 Å². The lowest BCUT2D eigenvalue weighted by Gasteiger charge is -2.27. The molecular weight excluding hydrogens is 542 g/mol. The number of anilines is 4. The van der Waals surface area contributed by atoms with Crippen molar-refractivity contribution in [2.75, 3.05) is 41.9 Å². The van der Waals surface area contributed by atoms with Gasteiger partial charge in [0.1, 0.15) is 5.75 Å². The van der Waals surface area contributed by atoms with Crippen LogP contribution in [0.4, 0.5) is 23.5 Å².